The number of benzene rings is 1. The number of ether oxygens (including phenoxy) is 2. The van der Waals surface area contributed by atoms with Crippen LogP contribution in [0.2, 0.25) is 0 Å². The summed E-state index contributed by atoms with van der Waals surface area (Å²) in [4.78, 5) is 0. The number of nitrogens with zero attached hydrogens (tertiary/aromatic N) is 2. The van der Waals surface area contributed by atoms with Crippen molar-refractivity contribution in [1.29, 1.82) is 0 Å². The minimum absolute atomic E-state index is 0.241. The number of aromatic nitrogens is 2. The molecule has 6 nitrogen and oxygen atoms in total. The van der Waals surface area contributed by atoms with Crippen molar-refractivity contribution >= 4 is 0 Å². The topological polar surface area (TPSA) is 69.4 Å². The van der Waals surface area contributed by atoms with Crippen LogP contribution in [0.25, 0.3) is 0 Å². The molecule has 1 saturated carbocycles. The molecule has 0 radical (unpaired) electrons. The lowest BCUT2D eigenvalue weighted by atomic mass is 10.0. The zero-order valence-corrected chi connectivity index (χ0v) is 15.2. The molecular formula is C20H27N3O3. The van der Waals surface area contributed by atoms with Crippen LogP contribution >= 0.6 is 0 Å². The molecule has 2 aliphatic rings. The Labute approximate surface area is 154 Å². The van der Waals surface area contributed by atoms with Gasteiger partial charge in [-0.2, -0.15) is 0 Å². The average molecular weight is 357 g/mol. The lowest BCUT2D eigenvalue weighted by molar-refractivity contribution is 0.0721. The van der Waals surface area contributed by atoms with Gasteiger partial charge in [-0.15, -0.1) is 10.2 Å². The summed E-state index contributed by atoms with van der Waals surface area (Å²) in [7, 11) is 0. The molecule has 2 aromatic rings. The maximum absolute atomic E-state index is 6.19. The van der Waals surface area contributed by atoms with E-state index in [-0.39, 0.29) is 5.92 Å². The molecule has 2 heterocycles. The molecule has 0 spiro atoms. The van der Waals surface area contributed by atoms with Gasteiger partial charge in [0.25, 0.3) is 0 Å². The van der Waals surface area contributed by atoms with Crippen LogP contribution < -0.4 is 10.1 Å². The number of nitrogens with one attached hydrogen (secondary N) is 1. The maximum atomic E-state index is 6.19. The highest BCUT2D eigenvalue weighted by Gasteiger charge is 2.22. The van der Waals surface area contributed by atoms with Crippen molar-refractivity contribution in [2.75, 3.05) is 13.2 Å². The molecule has 1 aromatic carbocycles. The molecule has 1 unspecified atom stereocenters. The largest absolute Gasteiger partial charge is 0.490 e. The summed E-state index contributed by atoms with van der Waals surface area (Å²) in [6.07, 6.45) is 7.36. The first kappa shape index (κ1) is 17.5. The van der Waals surface area contributed by atoms with Gasteiger partial charge in [0.15, 0.2) is 0 Å². The zero-order chi connectivity index (χ0) is 17.6. The number of hydrogen-bond acceptors (Lipinski definition) is 6. The standard InChI is InChI=1S/C20H27N3O3/c1-4-10-18(25-17-8-2-3-9-17)15(6-1)12-21-13-19-22-23-20(26-19)16-7-5-11-24-14-16/h1,4,6,10,16-17,21H,2-3,5,7-9,11-14H2. The van der Waals surface area contributed by atoms with Crippen molar-refractivity contribution in [3.05, 3.63) is 41.6 Å². The normalized spacial score (nSPS) is 21.2. The Morgan fingerprint density at radius 2 is 1.92 bits per heavy atom. The molecule has 1 aromatic heterocycles. The van der Waals surface area contributed by atoms with E-state index in [0.29, 0.717) is 37.6 Å². The maximum Gasteiger partial charge on any atom is 0.230 e. The summed E-state index contributed by atoms with van der Waals surface area (Å²) in [5.74, 6) is 2.55. The van der Waals surface area contributed by atoms with Gasteiger partial charge in [-0.3, -0.25) is 0 Å². The van der Waals surface area contributed by atoms with Crippen molar-refractivity contribution in [3.63, 3.8) is 0 Å². The highest BCUT2D eigenvalue weighted by molar-refractivity contribution is 5.33. The fourth-order valence-corrected chi connectivity index (χ4v) is 3.69. The SMILES string of the molecule is c1ccc(OC2CCCC2)c(CNCc2nnc(C3CCCOC3)o2)c1. The Hall–Kier alpha value is -1.92. The molecular weight excluding hydrogens is 330 g/mol. The van der Waals surface area contributed by atoms with Gasteiger partial charge in [0, 0.05) is 18.7 Å². The average Bonchev–Trinajstić information content (AvgIpc) is 3.36. The summed E-state index contributed by atoms with van der Waals surface area (Å²) in [6.45, 7) is 2.79. The summed E-state index contributed by atoms with van der Waals surface area (Å²) in [5, 5.41) is 11.7. The van der Waals surface area contributed by atoms with Gasteiger partial charge in [0.05, 0.1) is 25.2 Å². The van der Waals surface area contributed by atoms with Crippen molar-refractivity contribution in [1.82, 2.24) is 15.5 Å². The van der Waals surface area contributed by atoms with E-state index in [0.717, 1.165) is 38.0 Å². The second-order valence-corrected chi connectivity index (χ2v) is 7.18. The Morgan fingerprint density at radius 1 is 1.04 bits per heavy atom. The molecule has 6 heteroatoms. The van der Waals surface area contributed by atoms with E-state index in [9.17, 15) is 0 Å². The van der Waals surface area contributed by atoms with Crippen molar-refractivity contribution in [3.8, 4) is 5.75 Å². The molecule has 1 N–H and O–H groups in total. The van der Waals surface area contributed by atoms with E-state index in [2.05, 4.69) is 27.6 Å². The summed E-state index contributed by atoms with van der Waals surface area (Å²) < 4.78 is 17.5. The first-order valence-corrected chi connectivity index (χ1v) is 9.74. The van der Waals surface area contributed by atoms with Crippen molar-refractivity contribution in [2.24, 2.45) is 0 Å². The molecule has 0 amide bonds. The van der Waals surface area contributed by atoms with Gasteiger partial charge < -0.3 is 19.2 Å². The lowest BCUT2D eigenvalue weighted by Crippen LogP contribution is -2.16. The minimum Gasteiger partial charge on any atom is -0.490 e. The second-order valence-electron chi connectivity index (χ2n) is 7.18. The van der Waals surface area contributed by atoms with E-state index in [1.807, 2.05) is 12.1 Å². The fraction of sp³-hybridized carbons (Fsp3) is 0.600. The van der Waals surface area contributed by atoms with Crippen LogP contribution in [0.15, 0.2) is 28.7 Å². The molecule has 1 aliphatic heterocycles. The van der Waals surface area contributed by atoms with E-state index in [4.69, 9.17) is 13.9 Å². The Kier molecular flexibility index (Phi) is 5.82. The summed E-state index contributed by atoms with van der Waals surface area (Å²) in [5.41, 5.74) is 1.17. The van der Waals surface area contributed by atoms with Crippen LogP contribution in [0.3, 0.4) is 0 Å². The van der Waals surface area contributed by atoms with Crippen LogP contribution in [-0.2, 0) is 17.8 Å². The van der Waals surface area contributed by atoms with Gasteiger partial charge in [-0.25, -0.2) is 0 Å². The van der Waals surface area contributed by atoms with Crippen LogP contribution in [0.4, 0.5) is 0 Å². The number of para-hydroxylation sites is 1. The van der Waals surface area contributed by atoms with Crippen LogP contribution in [0, 0.1) is 0 Å². The summed E-state index contributed by atoms with van der Waals surface area (Å²) in [6, 6.07) is 8.25. The predicted molar refractivity (Wildman–Crippen MR) is 97.0 cm³/mol. The molecule has 0 bridgehead atoms. The number of hydrogen-bond donors (Lipinski definition) is 1. The highest BCUT2D eigenvalue weighted by atomic mass is 16.5. The molecule has 2 fully saturated rings. The second kappa shape index (κ2) is 8.64. The molecule has 1 atom stereocenters. The van der Waals surface area contributed by atoms with Gasteiger partial charge in [-0.05, 0) is 44.6 Å². The fourth-order valence-electron chi connectivity index (χ4n) is 3.69. The molecule has 4 rings (SSSR count). The van der Waals surface area contributed by atoms with Gasteiger partial charge in [0.1, 0.15) is 5.75 Å². The molecule has 140 valence electrons. The quantitative estimate of drug-likeness (QED) is 0.817. The Bertz CT molecular complexity index is 691. The predicted octanol–water partition coefficient (Wildman–Crippen LogP) is 3.57. The van der Waals surface area contributed by atoms with E-state index in [1.165, 1.54) is 18.4 Å². The molecule has 1 saturated heterocycles. The number of rotatable bonds is 7. The Balaban J connectivity index is 1.30. The van der Waals surface area contributed by atoms with E-state index >= 15 is 0 Å². The third-order valence-electron chi connectivity index (χ3n) is 5.15. The van der Waals surface area contributed by atoms with E-state index in [1.54, 1.807) is 0 Å². The molecule has 1 aliphatic carbocycles. The minimum atomic E-state index is 0.241. The first-order valence-electron chi connectivity index (χ1n) is 9.74. The third-order valence-corrected chi connectivity index (χ3v) is 5.15. The summed E-state index contributed by atoms with van der Waals surface area (Å²) >= 11 is 0. The Morgan fingerprint density at radius 3 is 2.77 bits per heavy atom. The van der Waals surface area contributed by atoms with Crippen molar-refractivity contribution < 1.29 is 13.9 Å². The smallest absolute Gasteiger partial charge is 0.230 e. The van der Waals surface area contributed by atoms with Crippen LogP contribution in [-0.4, -0.2) is 29.5 Å². The third kappa shape index (κ3) is 4.43. The van der Waals surface area contributed by atoms with E-state index < -0.39 is 0 Å². The first-order chi connectivity index (χ1) is 12.9. The lowest BCUT2D eigenvalue weighted by Gasteiger charge is -2.18. The monoisotopic (exact) mass is 357 g/mol. The van der Waals surface area contributed by atoms with Crippen LogP contribution in [0.5, 0.6) is 5.75 Å². The van der Waals surface area contributed by atoms with Crippen molar-refractivity contribution in [2.45, 2.75) is 63.6 Å². The zero-order valence-electron chi connectivity index (χ0n) is 15.2. The van der Waals surface area contributed by atoms with Gasteiger partial charge in [-0.1, -0.05) is 18.2 Å². The van der Waals surface area contributed by atoms with Crippen LogP contribution in [0.1, 0.15) is 61.8 Å². The van der Waals surface area contributed by atoms with Gasteiger partial charge >= 0.3 is 0 Å². The van der Waals surface area contributed by atoms with Gasteiger partial charge in [0.2, 0.25) is 11.8 Å². The molecule has 26 heavy (non-hydrogen) atoms. The highest BCUT2D eigenvalue weighted by Crippen LogP contribution is 2.27.